The summed E-state index contributed by atoms with van der Waals surface area (Å²) in [5.74, 6) is -0.399. The van der Waals surface area contributed by atoms with E-state index in [1.54, 1.807) is 0 Å². The first-order chi connectivity index (χ1) is 34.1. The van der Waals surface area contributed by atoms with Gasteiger partial charge in [0.1, 0.15) is 30.5 Å². The monoisotopic (exact) mass is 1020 g/mol. The van der Waals surface area contributed by atoms with Gasteiger partial charge in [-0.15, -0.1) is 0 Å². The predicted molar refractivity (Wildman–Crippen MR) is 285 cm³/mol. The lowest BCUT2D eigenvalue weighted by atomic mass is 9.99. The number of aliphatic hydroxyl groups is 3. The van der Waals surface area contributed by atoms with Gasteiger partial charge in [0.15, 0.2) is 6.29 Å². The Bertz CT molecular complexity index is 1310. The molecule has 0 spiro atoms. The number of ether oxygens (including phenoxy) is 4. The average Bonchev–Trinajstić information content (AvgIpc) is 3.34. The van der Waals surface area contributed by atoms with Gasteiger partial charge in [0.05, 0.1) is 19.8 Å². The zero-order valence-electron chi connectivity index (χ0n) is 44.8. The first kappa shape index (κ1) is 66.6. The van der Waals surface area contributed by atoms with Crippen molar-refractivity contribution in [2.45, 2.75) is 307 Å². The molecule has 6 unspecified atom stereocenters. The number of carbonyl (C=O) groups excluding carboxylic acids is 1. The Kier molecular flexibility index (Phi) is 46.2. The van der Waals surface area contributed by atoms with E-state index in [1.807, 2.05) is 0 Å². The molecule has 70 heavy (non-hydrogen) atoms. The second-order valence-electron chi connectivity index (χ2n) is 20.2. The highest BCUT2D eigenvalue weighted by atomic mass is 32.3. The van der Waals surface area contributed by atoms with E-state index >= 15 is 0 Å². The topological polar surface area (TPSA) is 178 Å². The van der Waals surface area contributed by atoms with Crippen LogP contribution in [0.15, 0.2) is 24.3 Å². The molecule has 0 aromatic rings. The van der Waals surface area contributed by atoms with Crippen LogP contribution in [0.3, 0.4) is 0 Å². The third kappa shape index (κ3) is 41.0. The van der Waals surface area contributed by atoms with Gasteiger partial charge in [-0.1, -0.05) is 224 Å². The molecule has 1 rings (SSSR count). The molecule has 0 aliphatic carbocycles. The van der Waals surface area contributed by atoms with E-state index in [0.29, 0.717) is 13.0 Å². The maximum atomic E-state index is 12.9. The fourth-order valence-corrected chi connectivity index (χ4v) is 9.64. The number of rotatable bonds is 52. The molecule has 414 valence electrons. The van der Waals surface area contributed by atoms with Crippen LogP contribution in [-0.2, 0) is 38.3 Å². The highest BCUT2D eigenvalue weighted by molar-refractivity contribution is 7.80. The van der Waals surface area contributed by atoms with Crippen LogP contribution in [0, 0.1) is 0 Å². The van der Waals surface area contributed by atoms with Gasteiger partial charge in [0, 0.05) is 13.0 Å². The van der Waals surface area contributed by atoms with E-state index in [0.717, 1.165) is 44.9 Å². The summed E-state index contributed by atoms with van der Waals surface area (Å²) in [4.78, 5) is 12.9. The van der Waals surface area contributed by atoms with E-state index < -0.39 is 59.8 Å². The molecular weight excluding hydrogens is 909 g/mol. The number of carbonyl (C=O) groups is 1. The fraction of sp³-hybridized carbons (Fsp3) is 0.912. The first-order valence-electron chi connectivity index (χ1n) is 29.1. The zero-order chi connectivity index (χ0) is 51.0. The Hall–Kier alpha value is -1.42. The summed E-state index contributed by atoms with van der Waals surface area (Å²) in [6.07, 6.45) is 49.4. The molecule has 1 heterocycles. The number of unbranched alkanes of at least 4 members (excludes halogenated alkanes) is 35. The molecule has 1 aliphatic rings. The van der Waals surface area contributed by atoms with Gasteiger partial charge in [0.25, 0.3) is 0 Å². The van der Waals surface area contributed by atoms with Gasteiger partial charge in [-0.3, -0.25) is 9.35 Å². The molecule has 1 saturated heterocycles. The quantitative estimate of drug-likeness (QED) is 0.0196. The Balaban J connectivity index is 2.26. The molecular formula is C57H108O12S. The van der Waals surface area contributed by atoms with Crippen molar-refractivity contribution < 1.29 is 56.2 Å². The van der Waals surface area contributed by atoms with Gasteiger partial charge < -0.3 is 34.3 Å². The molecule has 13 heteroatoms. The van der Waals surface area contributed by atoms with Gasteiger partial charge in [0.2, 0.25) is 0 Å². The smallest absolute Gasteiger partial charge is 0.397 e. The molecule has 6 atom stereocenters. The SMILES string of the molecule is CCCCCCCC/C=C\CCCCCCCCCC(=O)OC(COCCCCCCCCCCCCCCCC/C=C\CCCCCCCCCC)COC1OC(CO)C(O)C(OS(=O)(=O)O)C1O. The second-order valence-corrected chi connectivity index (χ2v) is 21.3. The average molecular weight is 1020 g/mol. The Labute approximate surface area is 429 Å². The molecule has 12 nitrogen and oxygen atoms in total. The number of allylic oxidation sites excluding steroid dienone is 4. The van der Waals surface area contributed by atoms with Crippen molar-refractivity contribution in [3.8, 4) is 0 Å². The summed E-state index contributed by atoms with van der Waals surface area (Å²) in [6.45, 7) is 4.03. The van der Waals surface area contributed by atoms with Crippen molar-refractivity contribution in [2.24, 2.45) is 0 Å². The standard InChI is InChI=1S/C57H108O12S/c1-3-5-7-9-11-13-15-17-19-21-22-23-24-25-26-27-28-29-31-33-35-37-39-41-43-45-47-65-49-51(50-66-57-55(61)56(69-70(62,63)64)54(60)52(48-58)68-57)67-53(59)46-44-42-40-38-36-34-32-30-20-18-16-14-12-10-8-6-4-2/h18,20-22,51-52,54-58,60-61H,3-17,19,23-50H2,1-2H3,(H,62,63,64)/b20-18-,22-21-. The van der Waals surface area contributed by atoms with Gasteiger partial charge >= 0.3 is 16.4 Å². The molecule has 0 radical (unpaired) electrons. The number of hydrogen-bond acceptors (Lipinski definition) is 11. The van der Waals surface area contributed by atoms with Crippen LogP contribution >= 0.6 is 0 Å². The minimum Gasteiger partial charge on any atom is -0.457 e. The van der Waals surface area contributed by atoms with E-state index in [4.69, 9.17) is 18.9 Å². The third-order valence-corrected chi connectivity index (χ3v) is 14.0. The van der Waals surface area contributed by atoms with Crippen LogP contribution in [0.2, 0.25) is 0 Å². The number of hydrogen-bond donors (Lipinski definition) is 4. The minimum atomic E-state index is -5.07. The van der Waals surface area contributed by atoms with Crippen LogP contribution in [0.5, 0.6) is 0 Å². The van der Waals surface area contributed by atoms with Crippen molar-refractivity contribution >= 4 is 16.4 Å². The van der Waals surface area contributed by atoms with Gasteiger partial charge in [-0.25, -0.2) is 4.18 Å². The molecule has 0 aromatic heterocycles. The lowest BCUT2D eigenvalue weighted by molar-refractivity contribution is -0.301. The Morgan fingerprint density at radius 2 is 0.900 bits per heavy atom. The molecule has 0 amide bonds. The molecule has 1 aliphatic heterocycles. The van der Waals surface area contributed by atoms with Crippen molar-refractivity contribution in [2.75, 3.05) is 26.4 Å². The maximum Gasteiger partial charge on any atom is 0.397 e. The summed E-state index contributed by atoms with van der Waals surface area (Å²) >= 11 is 0. The summed E-state index contributed by atoms with van der Waals surface area (Å²) in [5, 5.41) is 30.8. The summed E-state index contributed by atoms with van der Waals surface area (Å²) in [5.41, 5.74) is 0. The normalized spacial score (nSPS) is 19.2. The summed E-state index contributed by atoms with van der Waals surface area (Å²) in [7, 11) is -5.07. The summed E-state index contributed by atoms with van der Waals surface area (Å²) in [6, 6.07) is 0. The van der Waals surface area contributed by atoms with Crippen molar-refractivity contribution in [3.05, 3.63) is 24.3 Å². The second kappa shape index (κ2) is 48.5. The van der Waals surface area contributed by atoms with Crippen LogP contribution in [0.25, 0.3) is 0 Å². The minimum absolute atomic E-state index is 0.0383. The zero-order valence-corrected chi connectivity index (χ0v) is 45.7. The largest absolute Gasteiger partial charge is 0.457 e. The molecule has 1 fully saturated rings. The lowest BCUT2D eigenvalue weighted by Gasteiger charge is -2.41. The Morgan fingerprint density at radius 3 is 1.29 bits per heavy atom. The number of aliphatic hydroxyl groups excluding tert-OH is 3. The molecule has 0 aromatic carbocycles. The molecule has 0 saturated carbocycles. The Morgan fingerprint density at radius 1 is 0.529 bits per heavy atom. The van der Waals surface area contributed by atoms with E-state index in [-0.39, 0.29) is 19.6 Å². The van der Waals surface area contributed by atoms with Crippen LogP contribution in [0.4, 0.5) is 0 Å². The van der Waals surface area contributed by atoms with Crippen LogP contribution in [-0.4, -0.2) is 97.5 Å². The molecule has 0 bridgehead atoms. The van der Waals surface area contributed by atoms with Gasteiger partial charge in [-0.05, 0) is 64.2 Å². The fourth-order valence-electron chi connectivity index (χ4n) is 9.14. The third-order valence-electron chi connectivity index (χ3n) is 13.5. The van der Waals surface area contributed by atoms with E-state index in [2.05, 4.69) is 42.3 Å². The van der Waals surface area contributed by atoms with Crippen molar-refractivity contribution in [1.29, 1.82) is 0 Å². The maximum absolute atomic E-state index is 12.9. The first-order valence-corrected chi connectivity index (χ1v) is 30.5. The van der Waals surface area contributed by atoms with E-state index in [9.17, 15) is 33.1 Å². The van der Waals surface area contributed by atoms with Crippen molar-refractivity contribution in [1.82, 2.24) is 0 Å². The van der Waals surface area contributed by atoms with E-state index in [1.165, 1.54) is 199 Å². The van der Waals surface area contributed by atoms with Gasteiger partial charge in [-0.2, -0.15) is 8.42 Å². The van der Waals surface area contributed by atoms with Crippen molar-refractivity contribution in [3.63, 3.8) is 0 Å². The lowest BCUT2D eigenvalue weighted by Crippen LogP contribution is -2.60. The molecule has 4 N–H and O–H groups in total. The van der Waals surface area contributed by atoms with Crippen LogP contribution < -0.4 is 0 Å². The summed E-state index contributed by atoms with van der Waals surface area (Å²) < 4.78 is 59.4. The predicted octanol–water partition coefficient (Wildman–Crippen LogP) is 14.3. The highest BCUT2D eigenvalue weighted by Gasteiger charge is 2.48. The van der Waals surface area contributed by atoms with Crippen LogP contribution in [0.1, 0.15) is 271 Å². The number of esters is 1. The highest BCUT2D eigenvalue weighted by Crippen LogP contribution is 2.26.